The minimum atomic E-state index is -0.568. The van der Waals surface area contributed by atoms with Crippen LogP contribution in [-0.4, -0.2) is 41.6 Å². The minimum Gasteiger partial charge on any atom is -0.378 e. The molecule has 2 aliphatic carbocycles. The predicted molar refractivity (Wildman–Crippen MR) is 139 cm³/mol. The molecule has 3 aromatic rings. The van der Waals surface area contributed by atoms with Gasteiger partial charge in [0.15, 0.2) is 5.78 Å². The molecule has 2 aromatic carbocycles. The van der Waals surface area contributed by atoms with E-state index in [2.05, 4.69) is 34.6 Å². The lowest BCUT2D eigenvalue weighted by atomic mass is 9.58. The summed E-state index contributed by atoms with van der Waals surface area (Å²) in [5.74, 6) is 0.134. The van der Waals surface area contributed by atoms with Gasteiger partial charge in [-0.05, 0) is 49.1 Å². The molecule has 6 rings (SSSR count). The molecule has 3 atom stereocenters. The molecule has 6 nitrogen and oxygen atoms in total. The lowest BCUT2D eigenvalue weighted by molar-refractivity contribution is -0.121. The van der Waals surface area contributed by atoms with Gasteiger partial charge in [-0.3, -0.25) is 9.36 Å². The molecule has 1 fully saturated rings. The minimum absolute atomic E-state index is 0.0491. The number of morpholine rings is 1. The third kappa shape index (κ3) is 3.79. The Balaban J connectivity index is 1.57. The second kappa shape index (κ2) is 8.97. The molecule has 0 amide bonds. The van der Waals surface area contributed by atoms with E-state index in [0.717, 1.165) is 54.4 Å². The van der Waals surface area contributed by atoms with Gasteiger partial charge in [-0.25, -0.2) is 9.37 Å². The molecule has 37 heavy (non-hydrogen) atoms. The Morgan fingerprint density at radius 2 is 1.89 bits per heavy atom. The number of allylic oxidation sites excluding steroid dienone is 2. The number of ketones is 1. The summed E-state index contributed by atoms with van der Waals surface area (Å²) in [6.45, 7) is 7.06. The number of fused-ring (bicyclic) bond motifs is 3. The lowest BCUT2D eigenvalue weighted by Crippen LogP contribution is -2.45. The number of halogens is 1. The van der Waals surface area contributed by atoms with Gasteiger partial charge in [-0.2, -0.15) is 5.26 Å². The van der Waals surface area contributed by atoms with E-state index in [-0.39, 0.29) is 29.0 Å². The van der Waals surface area contributed by atoms with Crippen LogP contribution in [0.5, 0.6) is 0 Å². The molecule has 188 valence electrons. The second-order valence-electron chi connectivity index (χ2n) is 10.4. The molecule has 0 radical (unpaired) electrons. The van der Waals surface area contributed by atoms with Crippen LogP contribution in [-0.2, 0) is 21.4 Å². The number of anilines is 1. The second-order valence-corrected chi connectivity index (χ2v) is 10.4. The van der Waals surface area contributed by atoms with Crippen molar-refractivity contribution in [1.29, 1.82) is 5.26 Å². The van der Waals surface area contributed by atoms with Crippen LogP contribution >= 0.6 is 0 Å². The van der Waals surface area contributed by atoms with E-state index in [1.54, 1.807) is 6.07 Å². The van der Waals surface area contributed by atoms with Crippen molar-refractivity contribution >= 4 is 11.5 Å². The van der Waals surface area contributed by atoms with Crippen molar-refractivity contribution in [3.8, 4) is 23.1 Å². The van der Waals surface area contributed by atoms with Crippen molar-refractivity contribution in [1.82, 2.24) is 9.55 Å². The zero-order valence-electron chi connectivity index (χ0n) is 21.1. The Morgan fingerprint density at radius 3 is 2.65 bits per heavy atom. The number of carbonyl (C=O) groups excluding carboxylic acids is 1. The molecule has 1 aromatic heterocycles. The van der Waals surface area contributed by atoms with E-state index < -0.39 is 5.41 Å². The number of ether oxygens (including phenoxy) is 1. The number of benzene rings is 2. The normalized spacial score (nSPS) is 25.2. The third-order valence-electron chi connectivity index (χ3n) is 8.34. The maximum absolute atomic E-state index is 14.4. The number of aromatic nitrogens is 2. The first kappa shape index (κ1) is 23.6. The Morgan fingerprint density at radius 1 is 1.14 bits per heavy atom. The summed E-state index contributed by atoms with van der Waals surface area (Å²) in [5.41, 5.74) is 4.26. The molecule has 0 spiro atoms. The fourth-order valence-corrected chi connectivity index (χ4v) is 6.46. The average Bonchev–Trinajstić information content (AvgIpc) is 3.32. The summed E-state index contributed by atoms with van der Waals surface area (Å²) in [7, 11) is 0. The highest BCUT2D eigenvalue weighted by Gasteiger charge is 2.50. The molecule has 0 bridgehead atoms. The number of nitrogens with zero attached hydrogens (tertiary/aromatic N) is 4. The van der Waals surface area contributed by atoms with Gasteiger partial charge in [-0.15, -0.1) is 0 Å². The smallest absolute Gasteiger partial charge is 0.176 e. The molecule has 2 heterocycles. The van der Waals surface area contributed by atoms with Crippen molar-refractivity contribution in [2.24, 2.45) is 11.8 Å². The summed E-state index contributed by atoms with van der Waals surface area (Å²) in [5, 5.41) is 9.71. The van der Waals surface area contributed by atoms with Gasteiger partial charge in [0.1, 0.15) is 17.7 Å². The van der Waals surface area contributed by atoms with Crippen LogP contribution in [0.4, 0.5) is 10.1 Å². The summed E-state index contributed by atoms with van der Waals surface area (Å²) in [6, 6.07) is 17.0. The fourth-order valence-electron chi connectivity index (χ4n) is 6.46. The van der Waals surface area contributed by atoms with Crippen LogP contribution in [0.2, 0.25) is 0 Å². The monoisotopic (exact) mass is 496 g/mol. The summed E-state index contributed by atoms with van der Waals surface area (Å²) < 4.78 is 22.0. The third-order valence-corrected chi connectivity index (χ3v) is 8.34. The van der Waals surface area contributed by atoms with Crippen molar-refractivity contribution < 1.29 is 13.9 Å². The largest absolute Gasteiger partial charge is 0.378 e. The van der Waals surface area contributed by atoms with E-state index >= 15 is 0 Å². The van der Waals surface area contributed by atoms with Gasteiger partial charge in [0.05, 0.1) is 30.2 Å². The van der Waals surface area contributed by atoms with Gasteiger partial charge in [0.25, 0.3) is 0 Å². The average molecular weight is 497 g/mol. The molecule has 0 saturated carbocycles. The number of hydrogen-bond acceptors (Lipinski definition) is 5. The highest BCUT2D eigenvalue weighted by atomic mass is 19.1. The summed E-state index contributed by atoms with van der Waals surface area (Å²) in [6.07, 6.45) is 3.34. The highest BCUT2D eigenvalue weighted by Crippen LogP contribution is 2.50. The number of nitriles is 1. The fraction of sp³-hybridized carbons (Fsp3) is 0.367. The molecule has 3 aliphatic rings. The van der Waals surface area contributed by atoms with Crippen LogP contribution in [0.15, 0.2) is 60.2 Å². The molecule has 0 N–H and O–H groups in total. The molecule has 1 unspecified atom stereocenters. The Hall–Kier alpha value is -3.76. The van der Waals surface area contributed by atoms with Crippen molar-refractivity contribution in [2.45, 2.75) is 32.1 Å². The lowest BCUT2D eigenvalue weighted by Gasteiger charge is -2.44. The zero-order chi connectivity index (χ0) is 25.7. The summed E-state index contributed by atoms with van der Waals surface area (Å²) >= 11 is 0. The van der Waals surface area contributed by atoms with Crippen LogP contribution in [0, 0.1) is 29.0 Å². The predicted octanol–water partition coefficient (Wildman–Crippen LogP) is 5.00. The Bertz CT molecular complexity index is 1460. The molecular formula is C30H29FN4O2. The number of rotatable bonds is 3. The maximum Gasteiger partial charge on any atom is 0.176 e. The van der Waals surface area contributed by atoms with Gasteiger partial charge < -0.3 is 9.64 Å². The van der Waals surface area contributed by atoms with Crippen LogP contribution in [0.1, 0.15) is 31.7 Å². The zero-order valence-corrected chi connectivity index (χ0v) is 21.1. The molecular weight excluding hydrogens is 467 g/mol. The number of imidazole rings is 1. The molecule has 1 aliphatic heterocycles. The molecule has 1 saturated heterocycles. The first-order valence-electron chi connectivity index (χ1n) is 12.9. The maximum atomic E-state index is 14.4. The van der Waals surface area contributed by atoms with Crippen LogP contribution < -0.4 is 4.90 Å². The SMILES string of the molecule is C[C@H]1C(=O)C(C#N)=CC2(C)c3nc(-c4cccc(N5CCOCC5)c4)n(-c4cccc(F)c4)c3CC[C@H]12. The van der Waals surface area contributed by atoms with Gasteiger partial charge >= 0.3 is 0 Å². The quantitative estimate of drug-likeness (QED) is 0.510. The van der Waals surface area contributed by atoms with Crippen LogP contribution in [0.25, 0.3) is 17.1 Å². The first-order chi connectivity index (χ1) is 17.9. The highest BCUT2D eigenvalue weighted by molar-refractivity contribution is 6.02. The summed E-state index contributed by atoms with van der Waals surface area (Å²) in [4.78, 5) is 20.4. The standard InChI is InChI=1S/C30H29FN4O2/c1-19-25-9-10-26-28(30(25,2)17-21(18-32)27(19)36)33-29(35(26)24-8-4-6-22(31)16-24)20-5-3-7-23(15-20)34-11-13-37-14-12-34/h3-8,15-17,19,25H,9-14H2,1-2H3/t19-,25-,30?/m1/s1. The Labute approximate surface area is 216 Å². The number of hydrogen-bond donors (Lipinski definition) is 0. The van der Waals surface area contributed by atoms with Crippen molar-refractivity contribution in [2.75, 3.05) is 31.2 Å². The van der Waals surface area contributed by atoms with E-state index in [1.807, 2.05) is 31.2 Å². The Kier molecular flexibility index (Phi) is 5.73. The van der Waals surface area contributed by atoms with Crippen molar-refractivity contribution in [3.05, 3.63) is 77.4 Å². The number of Topliss-reactive ketones (excluding diaryl/α,β-unsaturated/α-hetero) is 1. The van der Waals surface area contributed by atoms with Gasteiger partial charge in [0, 0.05) is 41.4 Å². The van der Waals surface area contributed by atoms with Gasteiger partial charge in [-0.1, -0.05) is 38.1 Å². The first-order valence-corrected chi connectivity index (χ1v) is 12.9. The molecule has 7 heteroatoms. The van der Waals surface area contributed by atoms with E-state index in [4.69, 9.17) is 9.72 Å². The van der Waals surface area contributed by atoms with Crippen LogP contribution in [0.3, 0.4) is 0 Å². The van der Waals surface area contributed by atoms with E-state index in [9.17, 15) is 14.4 Å². The van der Waals surface area contributed by atoms with Crippen molar-refractivity contribution in [3.63, 3.8) is 0 Å². The van der Waals surface area contributed by atoms with E-state index in [0.29, 0.717) is 18.9 Å². The van der Waals surface area contributed by atoms with E-state index in [1.165, 1.54) is 12.1 Å². The number of carbonyl (C=O) groups is 1. The van der Waals surface area contributed by atoms with Gasteiger partial charge in [0.2, 0.25) is 0 Å². The topological polar surface area (TPSA) is 71.2 Å².